The Balaban J connectivity index is 1.54. The smallest absolute Gasteiger partial charge is 0.372 e. The lowest BCUT2D eigenvalue weighted by atomic mass is 10.1. The Morgan fingerprint density at radius 2 is 1.71 bits per heavy atom. The largest absolute Gasteiger partial charge is 0.417 e. The zero-order valence-electron chi connectivity index (χ0n) is 15.2. The molecule has 2 aromatic carbocycles. The molecule has 0 unspecified atom stereocenters. The SMILES string of the molecule is FC(F)(F)c1cc(NC(=S)NCc2ccc(N3CCCCC3)cc2)ccc1Cl. The van der Waals surface area contributed by atoms with Crippen molar-refractivity contribution in [1.82, 2.24) is 5.32 Å². The van der Waals surface area contributed by atoms with E-state index in [4.69, 9.17) is 23.8 Å². The minimum Gasteiger partial charge on any atom is -0.372 e. The summed E-state index contributed by atoms with van der Waals surface area (Å²) in [7, 11) is 0. The van der Waals surface area contributed by atoms with Gasteiger partial charge in [0.1, 0.15) is 0 Å². The van der Waals surface area contributed by atoms with Crippen LogP contribution in [-0.2, 0) is 12.7 Å². The molecule has 0 amide bonds. The van der Waals surface area contributed by atoms with Gasteiger partial charge in [-0.25, -0.2) is 0 Å². The van der Waals surface area contributed by atoms with Crippen LogP contribution in [0.15, 0.2) is 42.5 Å². The highest BCUT2D eigenvalue weighted by atomic mass is 35.5. The molecule has 150 valence electrons. The van der Waals surface area contributed by atoms with Gasteiger partial charge in [-0.05, 0) is 67.4 Å². The molecule has 3 rings (SSSR count). The lowest BCUT2D eigenvalue weighted by Crippen LogP contribution is -2.29. The van der Waals surface area contributed by atoms with E-state index in [-0.39, 0.29) is 15.8 Å². The quantitative estimate of drug-likeness (QED) is 0.600. The Bertz CT molecular complexity index is 818. The van der Waals surface area contributed by atoms with Crippen molar-refractivity contribution in [2.45, 2.75) is 32.0 Å². The number of hydrogen-bond acceptors (Lipinski definition) is 2. The number of alkyl halides is 3. The van der Waals surface area contributed by atoms with E-state index in [0.717, 1.165) is 24.7 Å². The molecule has 8 heteroatoms. The van der Waals surface area contributed by atoms with Gasteiger partial charge in [0, 0.05) is 31.0 Å². The molecule has 1 fully saturated rings. The Hall–Kier alpha value is -1.99. The van der Waals surface area contributed by atoms with Gasteiger partial charge in [0.2, 0.25) is 0 Å². The molecule has 0 radical (unpaired) electrons. The number of piperidine rings is 1. The molecule has 0 aromatic heterocycles. The van der Waals surface area contributed by atoms with Gasteiger partial charge in [-0.15, -0.1) is 0 Å². The third kappa shape index (κ3) is 5.52. The summed E-state index contributed by atoms with van der Waals surface area (Å²) < 4.78 is 38.8. The first kappa shape index (κ1) is 20.7. The normalized spacial score (nSPS) is 14.6. The first-order valence-corrected chi connectivity index (χ1v) is 9.87. The predicted octanol–water partition coefficient (Wildman–Crippen LogP) is 5.84. The van der Waals surface area contributed by atoms with Crippen molar-refractivity contribution in [2.75, 3.05) is 23.3 Å². The summed E-state index contributed by atoms with van der Waals surface area (Å²) in [6.45, 7) is 2.66. The van der Waals surface area contributed by atoms with E-state index in [0.29, 0.717) is 6.54 Å². The third-order valence-electron chi connectivity index (χ3n) is 4.64. The number of anilines is 2. The van der Waals surface area contributed by atoms with E-state index in [1.807, 2.05) is 12.1 Å². The van der Waals surface area contributed by atoms with Gasteiger partial charge in [0.05, 0.1) is 10.6 Å². The van der Waals surface area contributed by atoms with Crippen molar-refractivity contribution in [1.29, 1.82) is 0 Å². The van der Waals surface area contributed by atoms with Crippen molar-refractivity contribution in [3.05, 3.63) is 58.6 Å². The molecule has 0 bridgehead atoms. The van der Waals surface area contributed by atoms with Gasteiger partial charge in [0.25, 0.3) is 0 Å². The maximum Gasteiger partial charge on any atom is 0.417 e. The zero-order valence-corrected chi connectivity index (χ0v) is 16.7. The van der Waals surface area contributed by atoms with Crippen molar-refractivity contribution in [2.24, 2.45) is 0 Å². The van der Waals surface area contributed by atoms with Gasteiger partial charge in [-0.2, -0.15) is 13.2 Å². The first-order valence-electron chi connectivity index (χ1n) is 9.08. The number of benzene rings is 2. The second kappa shape index (κ2) is 9.01. The van der Waals surface area contributed by atoms with Crippen LogP contribution >= 0.6 is 23.8 Å². The van der Waals surface area contributed by atoms with Gasteiger partial charge in [-0.3, -0.25) is 0 Å². The van der Waals surface area contributed by atoms with Crippen LogP contribution in [-0.4, -0.2) is 18.2 Å². The molecule has 0 spiro atoms. The number of nitrogens with zero attached hydrogens (tertiary/aromatic N) is 1. The van der Waals surface area contributed by atoms with E-state index in [1.165, 1.54) is 37.1 Å². The van der Waals surface area contributed by atoms with E-state index in [2.05, 4.69) is 27.7 Å². The summed E-state index contributed by atoms with van der Waals surface area (Å²) in [5.41, 5.74) is 1.59. The molecule has 0 saturated carbocycles. The molecular formula is C20H21ClF3N3S. The molecule has 0 aliphatic carbocycles. The van der Waals surface area contributed by atoms with E-state index in [1.54, 1.807) is 0 Å². The van der Waals surface area contributed by atoms with Crippen LogP contribution in [0.25, 0.3) is 0 Å². The summed E-state index contributed by atoms with van der Waals surface area (Å²) in [4.78, 5) is 2.38. The topological polar surface area (TPSA) is 27.3 Å². The number of halogens is 4. The van der Waals surface area contributed by atoms with Crippen LogP contribution in [0.1, 0.15) is 30.4 Å². The Morgan fingerprint density at radius 3 is 2.36 bits per heavy atom. The van der Waals surface area contributed by atoms with Crippen molar-refractivity contribution in [3.63, 3.8) is 0 Å². The summed E-state index contributed by atoms with van der Waals surface area (Å²) in [5, 5.41) is 5.68. The standard InChI is InChI=1S/C20H21ClF3N3S/c21-18-9-6-15(12-17(18)20(22,23)24)26-19(28)25-13-14-4-7-16(8-5-14)27-10-2-1-3-11-27/h4-9,12H,1-3,10-11,13H2,(H2,25,26,28). The second-order valence-corrected chi connectivity index (χ2v) is 7.53. The average molecular weight is 428 g/mol. The van der Waals surface area contributed by atoms with Crippen molar-refractivity contribution >= 4 is 40.3 Å². The van der Waals surface area contributed by atoms with Gasteiger partial charge < -0.3 is 15.5 Å². The number of hydrogen-bond donors (Lipinski definition) is 2. The fraction of sp³-hybridized carbons (Fsp3) is 0.350. The molecule has 2 N–H and O–H groups in total. The third-order valence-corrected chi connectivity index (χ3v) is 5.22. The molecule has 0 atom stereocenters. The van der Waals surface area contributed by atoms with Gasteiger partial charge in [0.15, 0.2) is 5.11 Å². The fourth-order valence-electron chi connectivity index (χ4n) is 3.15. The molecule has 1 aliphatic rings. The number of nitrogens with one attached hydrogen (secondary N) is 2. The summed E-state index contributed by atoms with van der Waals surface area (Å²) >= 11 is 10.8. The van der Waals surface area contributed by atoms with Crippen LogP contribution in [0.3, 0.4) is 0 Å². The monoisotopic (exact) mass is 427 g/mol. The summed E-state index contributed by atoms with van der Waals surface area (Å²) in [6, 6.07) is 11.9. The van der Waals surface area contributed by atoms with Gasteiger partial charge >= 0.3 is 6.18 Å². The van der Waals surface area contributed by atoms with Crippen molar-refractivity contribution in [3.8, 4) is 0 Å². The zero-order chi connectivity index (χ0) is 20.1. The van der Waals surface area contributed by atoms with Crippen LogP contribution in [0.4, 0.5) is 24.5 Å². The molecule has 1 aliphatic heterocycles. The molecule has 1 saturated heterocycles. The average Bonchev–Trinajstić information content (AvgIpc) is 2.68. The van der Waals surface area contributed by atoms with Crippen LogP contribution in [0.5, 0.6) is 0 Å². The second-order valence-electron chi connectivity index (χ2n) is 6.71. The molecule has 1 heterocycles. The lowest BCUT2D eigenvalue weighted by Gasteiger charge is -2.28. The predicted molar refractivity (Wildman–Crippen MR) is 112 cm³/mol. The van der Waals surface area contributed by atoms with Crippen LogP contribution in [0, 0.1) is 0 Å². The summed E-state index contributed by atoms with van der Waals surface area (Å²) in [6.07, 6.45) is -0.769. The highest BCUT2D eigenvalue weighted by Gasteiger charge is 2.33. The van der Waals surface area contributed by atoms with E-state index >= 15 is 0 Å². The van der Waals surface area contributed by atoms with E-state index in [9.17, 15) is 13.2 Å². The minimum atomic E-state index is -4.51. The van der Waals surface area contributed by atoms with E-state index < -0.39 is 11.7 Å². The highest BCUT2D eigenvalue weighted by molar-refractivity contribution is 7.80. The Morgan fingerprint density at radius 1 is 1.04 bits per heavy atom. The molecule has 28 heavy (non-hydrogen) atoms. The fourth-order valence-corrected chi connectivity index (χ4v) is 3.57. The molecule has 2 aromatic rings. The first-order chi connectivity index (χ1) is 13.3. The summed E-state index contributed by atoms with van der Waals surface area (Å²) in [5.74, 6) is 0. The maximum absolute atomic E-state index is 12.9. The minimum absolute atomic E-state index is 0.231. The Kier molecular flexibility index (Phi) is 6.67. The maximum atomic E-state index is 12.9. The number of rotatable bonds is 4. The Labute approximate surface area is 172 Å². The van der Waals surface area contributed by atoms with Gasteiger partial charge in [-0.1, -0.05) is 23.7 Å². The number of thiocarbonyl (C=S) groups is 1. The molecule has 3 nitrogen and oxygen atoms in total. The van der Waals surface area contributed by atoms with Crippen molar-refractivity contribution < 1.29 is 13.2 Å². The van der Waals surface area contributed by atoms with Crippen LogP contribution < -0.4 is 15.5 Å². The molecular weight excluding hydrogens is 407 g/mol. The van der Waals surface area contributed by atoms with Crippen LogP contribution in [0.2, 0.25) is 5.02 Å². The highest BCUT2D eigenvalue weighted by Crippen LogP contribution is 2.36. The lowest BCUT2D eigenvalue weighted by molar-refractivity contribution is -0.137.